The molecule has 0 atom stereocenters. The van der Waals surface area contributed by atoms with Crippen LogP contribution in [0, 0.1) is 13.8 Å². The first-order chi connectivity index (χ1) is 10.1. The Morgan fingerprint density at radius 1 is 1.24 bits per heavy atom. The van der Waals surface area contributed by atoms with Gasteiger partial charge in [0, 0.05) is 20.0 Å². The van der Waals surface area contributed by atoms with Crippen LogP contribution in [0.3, 0.4) is 0 Å². The van der Waals surface area contributed by atoms with Gasteiger partial charge in [0.05, 0.1) is 6.54 Å². The van der Waals surface area contributed by atoms with Crippen molar-refractivity contribution in [2.75, 3.05) is 14.2 Å². The van der Waals surface area contributed by atoms with Gasteiger partial charge in [0.2, 0.25) is 5.16 Å². The van der Waals surface area contributed by atoms with Crippen LogP contribution in [-0.4, -0.2) is 40.7 Å². The number of tetrazole rings is 1. The van der Waals surface area contributed by atoms with Crippen molar-refractivity contribution >= 4 is 11.8 Å². The van der Waals surface area contributed by atoms with Crippen LogP contribution in [0.15, 0.2) is 23.4 Å². The first kappa shape index (κ1) is 15.9. The molecule has 2 rings (SSSR count). The van der Waals surface area contributed by atoms with Crippen LogP contribution in [0.2, 0.25) is 0 Å². The second-order valence-corrected chi connectivity index (χ2v) is 5.71. The molecule has 0 radical (unpaired) electrons. The number of aromatic nitrogens is 4. The van der Waals surface area contributed by atoms with Crippen LogP contribution in [-0.2, 0) is 21.8 Å². The minimum atomic E-state index is -0.353. The van der Waals surface area contributed by atoms with Crippen molar-refractivity contribution in [1.29, 1.82) is 0 Å². The van der Waals surface area contributed by atoms with Crippen molar-refractivity contribution in [3.63, 3.8) is 0 Å². The summed E-state index contributed by atoms with van der Waals surface area (Å²) >= 11 is 1.61. The molecule has 21 heavy (non-hydrogen) atoms. The molecule has 0 aliphatic rings. The van der Waals surface area contributed by atoms with E-state index in [1.807, 2.05) is 0 Å². The smallest absolute Gasteiger partial charge is 0.209 e. The van der Waals surface area contributed by atoms with E-state index in [0.29, 0.717) is 6.54 Å². The number of benzene rings is 1. The molecule has 0 fully saturated rings. The normalized spacial score (nSPS) is 11.3. The molecular formula is C14H20N4O2S. The molecule has 6 nitrogen and oxygen atoms in total. The number of ether oxygens (including phenoxy) is 2. The Hall–Kier alpha value is -1.44. The first-order valence-corrected chi connectivity index (χ1v) is 7.63. The highest BCUT2D eigenvalue weighted by molar-refractivity contribution is 7.98. The number of nitrogens with zero attached hydrogens (tertiary/aromatic N) is 4. The zero-order valence-electron chi connectivity index (χ0n) is 12.7. The van der Waals surface area contributed by atoms with Gasteiger partial charge in [0.15, 0.2) is 6.29 Å². The van der Waals surface area contributed by atoms with Crippen LogP contribution >= 0.6 is 11.8 Å². The summed E-state index contributed by atoms with van der Waals surface area (Å²) in [5.41, 5.74) is 3.83. The lowest BCUT2D eigenvalue weighted by Gasteiger charge is -2.13. The Balaban J connectivity index is 2.04. The van der Waals surface area contributed by atoms with E-state index in [9.17, 15) is 0 Å². The number of rotatable bonds is 7. The topological polar surface area (TPSA) is 62.1 Å². The van der Waals surface area contributed by atoms with Gasteiger partial charge >= 0.3 is 0 Å². The van der Waals surface area contributed by atoms with E-state index < -0.39 is 0 Å². The maximum absolute atomic E-state index is 5.18. The number of thioether (sulfide) groups is 1. The molecule has 7 heteroatoms. The fourth-order valence-corrected chi connectivity index (χ4v) is 2.85. The van der Waals surface area contributed by atoms with Gasteiger partial charge in [-0.15, -0.1) is 5.10 Å². The number of methoxy groups -OCH3 is 2. The molecule has 0 aliphatic carbocycles. The second kappa shape index (κ2) is 7.53. The van der Waals surface area contributed by atoms with E-state index in [2.05, 4.69) is 47.6 Å². The fraction of sp³-hybridized carbons (Fsp3) is 0.500. The summed E-state index contributed by atoms with van der Waals surface area (Å²) in [6, 6.07) is 6.46. The zero-order chi connectivity index (χ0) is 15.2. The molecule has 1 heterocycles. The number of hydrogen-bond acceptors (Lipinski definition) is 6. The predicted molar refractivity (Wildman–Crippen MR) is 81.1 cm³/mol. The highest BCUT2D eigenvalue weighted by atomic mass is 32.2. The van der Waals surface area contributed by atoms with Crippen LogP contribution < -0.4 is 0 Å². The Labute approximate surface area is 128 Å². The van der Waals surface area contributed by atoms with Crippen LogP contribution in [0.4, 0.5) is 0 Å². The molecule has 0 unspecified atom stereocenters. The summed E-state index contributed by atoms with van der Waals surface area (Å²) in [6.45, 7) is 4.68. The molecule has 0 N–H and O–H groups in total. The molecule has 0 amide bonds. The zero-order valence-corrected chi connectivity index (χ0v) is 13.6. The highest BCUT2D eigenvalue weighted by Crippen LogP contribution is 2.23. The third-order valence-corrected chi connectivity index (χ3v) is 4.21. The third kappa shape index (κ3) is 4.26. The quantitative estimate of drug-likeness (QED) is 0.577. The van der Waals surface area contributed by atoms with Gasteiger partial charge in [-0.1, -0.05) is 35.5 Å². The van der Waals surface area contributed by atoms with Gasteiger partial charge < -0.3 is 9.47 Å². The van der Waals surface area contributed by atoms with Crippen molar-refractivity contribution in [2.45, 2.75) is 37.6 Å². The molecule has 0 saturated heterocycles. The molecule has 1 aromatic carbocycles. The molecule has 114 valence electrons. The minimum Gasteiger partial charge on any atom is -0.354 e. The first-order valence-electron chi connectivity index (χ1n) is 6.64. The fourth-order valence-electron chi connectivity index (χ4n) is 1.90. The minimum absolute atomic E-state index is 0.353. The average molecular weight is 308 g/mol. The van der Waals surface area contributed by atoms with E-state index >= 15 is 0 Å². The Morgan fingerprint density at radius 2 is 2.00 bits per heavy atom. The second-order valence-electron chi connectivity index (χ2n) is 4.76. The standard InChI is InChI=1S/C14H20N4O2S/c1-10-5-6-11(2)12(7-10)9-21-14-15-16-17-18(14)8-13(19-3)20-4/h5-7,13H,8-9H2,1-4H3. The molecular weight excluding hydrogens is 288 g/mol. The summed E-state index contributed by atoms with van der Waals surface area (Å²) in [7, 11) is 3.20. The van der Waals surface area contributed by atoms with Gasteiger partial charge in [-0.3, -0.25) is 0 Å². The van der Waals surface area contributed by atoms with E-state index in [0.717, 1.165) is 10.9 Å². The SMILES string of the molecule is COC(Cn1nnnc1SCc1cc(C)ccc1C)OC. The lowest BCUT2D eigenvalue weighted by molar-refractivity contribution is -0.113. The average Bonchev–Trinajstić information content (AvgIpc) is 2.93. The molecule has 0 bridgehead atoms. The Bertz CT molecular complexity index is 584. The van der Waals surface area contributed by atoms with Crippen molar-refractivity contribution in [3.8, 4) is 0 Å². The van der Waals surface area contributed by atoms with Crippen LogP contribution in [0.5, 0.6) is 0 Å². The van der Waals surface area contributed by atoms with Crippen molar-refractivity contribution in [1.82, 2.24) is 20.2 Å². The molecule has 0 saturated carbocycles. The van der Waals surface area contributed by atoms with Gasteiger partial charge in [0.1, 0.15) is 0 Å². The van der Waals surface area contributed by atoms with Gasteiger partial charge in [-0.05, 0) is 35.4 Å². The van der Waals surface area contributed by atoms with Crippen LogP contribution in [0.25, 0.3) is 0 Å². The number of aryl methyl sites for hydroxylation is 2. The van der Waals surface area contributed by atoms with E-state index in [1.165, 1.54) is 16.7 Å². The maximum atomic E-state index is 5.18. The molecule has 0 aliphatic heterocycles. The monoisotopic (exact) mass is 308 g/mol. The predicted octanol–water partition coefficient (Wildman–Crippen LogP) is 2.20. The lowest BCUT2D eigenvalue weighted by Crippen LogP contribution is -2.21. The van der Waals surface area contributed by atoms with E-state index in [1.54, 1.807) is 30.7 Å². The maximum Gasteiger partial charge on any atom is 0.209 e. The highest BCUT2D eigenvalue weighted by Gasteiger charge is 2.13. The summed E-state index contributed by atoms with van der Waals surface area (Å²) in [6.07, 6.45) is -0.353. The van der Waals surface area contributed by atoms with Gasteiger partial charge in [-0.2, -0.15) is 0 Å². The largest absolute Gasteiger partial charge is 0.354 e. The Morgan fingerprint density at radius 3 is 2.71 bits per heavy atom. The molecule has 2 aromatic rings. The Kier molecular flexibility index (Phi) is 5.72. The van der Waals surface area contributed by atoms with Crippen molar-refractivity contribution in [3.05, 3.63) is 34.9 Å². The summed E-state index contributed by atoms with van der Waals surface area (Å²) in [5, 5.41) is 12.5. The van der Waals surface area contributed by atoms with Gasteiger partial charge in [0.25, 0.3) is 0 Å². The van der Waals surface area contributed by atoms with Crippen molar-refractivity contribution < 1.29 is 9.47 Å². The molecule has 0 spiro atoms. The van der Waals surface area contributed by atoms with Gasteiger partial charge in [-0.25, -0.2) is 4.68 Å². The lowest BCUT2D eigenvalue weighted by atomic mass is 10.1. The summed E-state index contributed by atoms with van der Waals surface area (Å²) < 4.78 is 12.1. The third-order valence-electron chi connectivity index (χ3n) is 3.21. The van der Waals surface area contributed by atoms with E-state index in [4.69, 9.17) is 9.47 Å². The van der Waals surface area contributed by atoms with Crippen molar-refractivity contribution in [2.24, 2.45) is 0 Å². The van der Waals surface area contributed by atoms with E-state index in [-0.39, 0.29) is 6.29 Å². The molecule has 1 aromatic heterocycles. The summed E-state index contributed by atoms with van der Waals surface area (Å²) in [4.78, 5) is 0. The van der Waals surface area contributed by atoms with Crippen LogP contribution in [0.1, 0.15) is 16.7 Å². The number of hydrogen-bond donors (Lipinski definition) is 0. The summed E-state index contributed by atoms with van der Waals surface area (Å²) in [5.74, 6) is 0.832.